The van der Waals surface area contributed by atoms with Crippen LogP contribution in [0.2, 0.25) is 0 Å². The number of ether oxygens (including phenoxy) is 1. The Morgan fingerprint density at radius 3 is 2.80 bits per heavy atom. The van der Waals surface area contributed by atoms with Crippen LogP contribution in [0.5, 0.6) is 0 Å². The van der Waals surface area contributed by atoms with Crippen molar-refractivity contribution in [1.29, 1.82) is 0 Å². The number of rotatable bonds is 5. The summed E-state index contributed by atoms with van der Waals surface area (Å²) in [5.74, 6) is 0.0494. The fourth-order valence-electron chi connectivity index (χ4n) is 3.86. The summed E-state index contributed by atoms with van der Waals surface area (Å²) in [4.78, 5) is 23.8. The van der Waals surface area contributed by atoms with Crippen molar-refractivity contribution in [2.24, 2.45) is 7.05 Å². The number of nitrogens with one attached hydrogen (secondary N) is 1. The third-order valence-electron chi connectivity index (χ3n) is 5.31. The Kier molecular flexibility index (Phi) is 5.67. The maximum atomic E-state index is 13.7. The zero-order chi connectivity index (χ0) is 21.3. The monoisotopic (exact) mass is 411 g/mol. The lowest BCUT2D eigenvalue weighted by atomic mass is 10.1. The number of carbonyl (C=O) groups excluding carboxylic acids is 1. The van der Waals surface area contributed by atoms with E-state index in [1.807, 2.05) is 36.6 Å². The summed E-state index contributed by atoms with van der Waals surface area (Å²) in [5, 5.41) is 3.88. The van der Waals surface area contributed by atoms with E-state index in [0.29, 0.717) is 44.4 Å². The van der Waals surface area contributed by atoms with E-state index in [9.17, 15) is 9.18 Å². The lowest BCUT2D eigenvalue weighted by Gasteiger charge is -2.27. The van der Waals surface area contributed by atoms with Crippen molar-refractivity contribution in [2.45, 2.75) is 26.3 Å². The van der Waals surface area contributed by atoms with Gasteiger partial charge in [-0.15, -0.1) is 0 Å². The normalized spacial score (nSPS) is 15.4. The molecule has 1 aromatic carbocycles. The van der Waals surface area contributed by atoms with Crippen molar-refractivity contribution in [3.63, 3.8) is 0 Å². The first-order chi connectivity index (χ1) is 14.4. The maximum absolute atomic E-state index is 13.7. The van der Waals surface area contributed by atoms with Gasteiger partial charge in [-0.05, 0) is 50.1 Å². The summed E-state index contributed by atoms with van der Waals surface area (Å²) in [6.07, 6.45) is 2.57. The Hall–Kier alpha value is -3.00. The Balaban J connectivity index is 1.49. The van der Waals surface area contributed by atoms with Crippen molar-refractivity contribution in [1.82, 2.24) is 19.9 Å². The predicted octanol–water partition coefficient (Wildman–Crippen LogP) is 2.61. The van der Waals surface area contributed by atoms with Crippen LogP contribution in [0, 0.1) is 12.7 Å². The first-order valence-corrected chi connectivity index (χ1v) is 10.1. The largest absolute Gasteiger partial charge is 0.378 e. The number of aromatic nitrogens is 3. The first-order valence-electron chi connectivity index (χ1n) is 10.1. The highest BCUT2D eigenvalue weighted by Gasteiger charge is 2.19. The van der Waals surface area contributed by atoms with Gasteiger partial charge in [0.05, 0.1) is 13.2 Å². The van der Waals surface area contributed by atoms with Gasteiger partial charge in [0.15, 0.2) is 0 Å². The standard InChI is InChI=1S/C22H26FN5O2/c1-14(10-16-13-27(3)20-5-4-17(23)12-18(16)20)24-21(29)19-11-15(2)25-22(26-19)28-6-8-30-9-7-28/h4-5,11-14H,6-10H2,1-3H3,(H,24,29)/t14-/m1/s1. The summed E-state index contributed by atoms with van der Waals surface area (Å²) in [6, 6.07) is 6.32. The van der Waals surface area contributed by atoms with E-state index in [1.165, 1.54) is 6.07 Å². The SMILES string of the molecule is Cc1cc(C(=O)N[C@H](C)Cc2cn(C)c3ccc(F)cc23)nc(N2CCOCC2)n1. The Morgan fingerprint density at radius 2 is 2.03 bits per heavy atom. The quantitative estimate of drug-likeness (QED) is 0.699. The zero-order valence-corrected chi connectivity index (χ0v) is 17.5. The highest BCUT2D eigenvalue weighted by molar-refractivity contribution is 5.93. The molecule has 1 fully saturated rings. The highest BCUT2D eigenvalue weighted by Crippen LogP contribution is 2.23. The molecular formula is C22H26FN5O2. The second-order valence-corrected chi connectivity index (χ2v) is 7.80. The van der Waals surface area contributed by atoms with E-state index in [0.717, 1.165) is 22.2 Å². The molecular weight excluding hydrogens is 385 g/mol. The number of hydrogen-bond acceptors (Lipinski definition) is 5. The second-order valence-electron chi connectivity index (χ2n) is 7.80. The number of anilines is 1. The molecule has 158 valence electrons. The molecule has 1 amide bonds. The smallest absolute Gasteiger partial charge is 0.270 e. The van der Waals surface area contributed by atoms with E-state index in [1.54, 1.807) is 18.2 Å². The molecule has 1 aliphatic rings. The van der Waals surface area contributed by atoms with Crippen LogP contribution in [0.15, 0.2) is 30.5 Å². The van der Waals surface area contributed by atoms with Gasteiger partial charge in [-0.25, -0.2) is 14.4 Å². The lowest BCUT2D eigenvalue weighted by Crippen LogP contribution is -2.38. The predicted molar refractivity (Wildman–Crippen MR) is 113 cm³/mol. The average Bonchev–Trinajstić information content (AvgIpc) is 3.02. The van der Waals surface area contributed by atoms with Gasteiger partial charge in [0.2, 0.25) is 5.95 Å². The Labute approximate surface area is 174 Å². The second kappa shape index (κ2) is 8.39. The molecule has 4 rings (SSSR count). The van der Waals surface area contributed by atoms with Crippen LogP contribution in [0.25, 0.3) is 10.9 Å². The molecule has 7 nitrogen and oxygen atoms in total. The summed E-state index contributed by atoms with van der Waals surface area (Å²) in [6.45, 7) is 6.46. The summed E-state index contributed by atoms with van der Waals surface area (Å²) >= 11 is 0. The number of nitrogens with zero attached hydrogens (tertiary/aromatic N) is 4. The van der Waals surface area contributed by atoms with E-state index in [-0.39, 0.29) is 17.8 Å². The van der Waals surface area contributed by atoms with Gasteiger partial charge >= 0.3 is 0 Å². The van der Waals surface area contributed by atoms with Crippen LogP contribution in [-0.2, 0) is 18.2 Å². The third-order valence-corrected chi connectivity index (χ3v) is 5.31. The van der Waals surface area contributed by atoms with Crippen molar-refractivity contribution in [3.8, 4) is 0 Å². The summed E-state index contributed by atoms with van der Waals surface area (Å²) in [7, 11) is 1.93. The number of benzene rings is 1. The minimum absolute atomic E-state index is 0.145. The van der Waals surface area contributed by atoms with Crippen molar-refractivity contribution >= 4 is 22.8 Å². The molecule has 3 heterocycles. The number of halogens is 1. The molecule has 0 spiro atoms. The Bertz CT molecular complexity index is 1070. The molecule has 30 heavy (non-hydrogen) atoms. The summed E-state index contributed by atoms with van der Waals surface area (Å²) < 4.78 is 21.1. The molecule has 8 heteroatoms. The molecule has 1 aliphatic heterocycles. The highest BCUT2D eigenvalue weighted by atomic mass is 19.1. The minimum Gasteiger partial charge on any atom is -0.378 e. The Morgan fingerprint density at radius 1 is 1.27 bits per heavy atom. The van der Waals surface area contributed by atoms with Gasteiger partial charge in [0.25, 0.3) is 5.91 Å². The minimum atomic E-state index is -0.265. The van der Waals surface area contributed by atoms with Gasteiger partial charge in [-0.2, -0.15) is 0 Å². The molecule has 0 aliphatic carbocycles. The molecule has 1 N–H and O–H groups in total. The van der Waals surface area contributed by atoms with Crippen LogP contribution >= 0.6 is 0 Å². The molecule has 0 saturated carbocycles. The fourth-order valence-corrected chi connectivity index (χ4v) is 3.86. The molecule has 2 aromatic heterocycles. The van der Waals surface area contributed by atoms with Gasteiger partial charge in [0, 0.05) is 49.0 Å². The molecule has 1 saturated heterocycles. The molecule has 0 bridgehead atoms. The molecule has 1 atom stereocenters. The maximum Gasteiger partial charge on any atom is 0.270 e. The lowest BCUT2D eigenvalue weighted by molar-refractivity contribution is 0.0934. The molecule has 0 radical (unpaired) electrons. The van der Waals surface area contributed by atoms with E-state index < -0.39 is 0 Å². The summed E-state index contributed by atoms with van der Waals surface area (Å²) in [5.41, 5.74) is 3.05. The zero-order valence-electron chi connectivity index (χ0n) is 17.5. The average molecular weight is 411 g/mol. The first kappa shape index (κ1) is 20.3. The molecule has 0 unspecified atom stereocenters. The van der Waals surface area contributed by atoms with Gasteiger partial charge in [0.1, 0.15) is 11.5 Å². The number of hydrogen-bond donors (Lipinski definition) is 1. The van der Waals surface area contributed by atoms with E-state index >= 15 is 0 Å². The fraction of sp³-hybridized carbons (Fsp3) is 0.409. The number of aryl methyl sites for hydroxylation is 2. The number of carbonyl (C=O) groups is 1. The van der Waals surface area contributed by atoms with Crippen LogP contribution in [0.4, 0.5) is 10.3 Å². The number of morpholine rings is 1. The van der Waals surface area contributed by atoms with Gasteiger partial charge in [-0.3, -0.25) is 4.79 Å². The van der Waals surface area contributed by atoms with Gasteiger partial charge < -0.3 is 19.5 Å². The van der Waals surface area contributed by atoms with Crippen LogP contribution in [-0.4, -0.2) is 52.8 Å². The van der Waals surface area contributed by atoms with Crippen LogP contribution in [0.3, 0.4) is 0 Å². The number of fused-ring (bicyclic) bond motifs is 1. The van der Waals surface area contributed by atoms with Gasteiger partial charge in [-0.1, -0.05) is 0 Å². The van der Waals surface area contributed by atoms with Crippen molar-refractivity contribution in [3.05, 3.63) is 53.2 Å². The van der Waals surface area contributed by atoms with E-state index in [2.05, 4.69) is 15.3 Å². The molecule has 3 aromatic rings. The van der Waals surface area contributed by atoms with Crippen LogP contribution < -0.4 is 10.2 Å². The van der Waals surface area contributed by atoms with Crippen LogP contribution in [0.1, 0.15) is 28.7 Å². The number of amides is 1. The van der Waals surface area contributed by atoms with Crippen molar-refractivity contribution in [2.75, 3.05) is 31.2 Å². The topological polar surface area (TPSA) is 72.3 Å². The third kappa shape index (κ3) is 4.28. The van der Waals surface area contributed by atoms with Crippen molar-refractivity contribution < 1.29 is 13.9 Å². The van der Waals surface area contributed by atoms with E-state index in [4.69, 9.17) is 4.74 Å².